The Kier molecular flexibility index (Phi) is 3.25. The van der Waals surface area contributed by atoms with E-state index in [1.165, 1.54) is 6.07 Å². The molecule has 0 unspecified atom stereocenters. The summed E-state index contributed by atoms with van der Waals surface area (Å²) in [5, 5.41) is 20.5. The number of hydrogen-bond acceptors (Lipinski definition) is 4. The van der Waals surface area contributed by atoms with Crippen LogP contribution in [-0.4, -0.2) is 14.5 Å². The van der Waals surface area contributed by atoms with Gasteiger partial charge in [-0.3, -0.25) is 10.1 Å². The second-order valence-electron chi connectivity index (χ2n) is 5.72. The van der Waals surface area contributed by atoms with Crippen LogP contribution in [0.3, 0.4) is 0 Å². The Labute approximate surface area is 142 Å². The zero-order valence-electron chi connectivity index (χ0n) is 12.4. The maximum absolute atomic E-state index is 11.1. The first-order valence-electron chi connectivity index (χ1n) is 7.46. The molecule has 118 valence electrons. The zero-order valence-corrected chi connectivity index (χ0v) is 13.2. The summed E-state index contributed by atoms with van der Waals surface area (Å²) in [5.74, 6) is 0.632. The van der Waals surface area contributed by atoms with Gasteiger partial charge in [0.15, 0.2) is 0 Å². The van der Waals surface area contributed by atoms with Gasteiger partial charge in [-0.15, -0.1) is 0 Å². The summed E-state index contributed by atoms with van der Waals surface area (Å²) < 4.78 is 2.04. The van der Waals surface area contributed by atoms with Crippen LogP contribution >= 0.6 is 11.6 Å². The molecule has 24 heavy (non-hydrogen) atoms. The number of rotatable bonds is 3. The Hall–Kier alpha value is -2.91. The van der Waals surface area contributed by atoms with E-state index in [0.29, 0.717) is 22.5 Å². The van der Waals surface area contributed by atoms with Gasteiger partial charge in [-0.1, -0.05) is 23.7 Å². The fourth-order valence-electron chi connectivity index (χ4n) is 2.93. The molecule has 7 heteroatoms. The van der Waals surface area contributed by atoms with Gasteiger partial charge in [0.25, 0.3) is 5.69 Å². The van der Waals surface area contributed by atoms with Crippen LogP contribution in [0, 0.1) is 21.4 Å². The minimum atomic E-state index is -0.513. The van der Waals surface area contributed by atoms with Crippen molar-refractivity contribution in [2.24, 2.45) is 0 Å². The molecule has 3 aromatic rings. The third kappa shape index (κ3) is 2.14. The number of fused-ring (bicyclic) bond motifs is 1. The summed E-state index contributed by atoms with van der Waals surface area (Å²) in [4.78, 5) is 15.2. The molecule has 1 aliphatic carbocycles. The molecule has 0 amide bonds. The normalized spacial score (nSPS) is 13.8. The molecule has 0 bridgehead atoms. The number of nitriles is 1. The van der Waals surface area contributed by atoms with Crippen LogP contribution in [0.2, 0.25) is 5.02 Å². The van der Waals surface area contributed by atoms with Gasteiger partial charge in [0.05, 0.1) is 22.1 Å². The van der Waals surface area contributed by atoms with Crippen LogP contribution in [0.1, 0.15) is 24.4 Å². The predicted octanol–water partition coefficient (Wildman–Crippen LogP) is 4.47. The Morgan fingerprint density at radius 3 is 2.71 bits per heavy atom. The number of nitro groups is 1. The fraction of sp³-hybridized carbons (Fsp3) is 0.176. The number of nitrogens with zero attached hydrogens (tertiary/aromatic N) is 4. The average Bonchev–Trinajstić information content (AvgIpc) is 3.34. The van der Waals surface area contributed by atoms with E-state index in [2.05, 4.69) is 11.1 Å². The van der Waals surface area contributed by atoms with Crippen LogP contribution in [0.5, 0.6) is 0 Å². The molecule has 4 rings (SSSR count). The number of nitro benzene ring substituents is 1. The summed E-state index contributed by atoms with van der Waals surface area (Å²) in [5.41, 5.74) is 2.23. The summed E-state index contributed by atoms with van der Waals surface area (Å²) in [6.45, 7) is 0. The highest BCUT2D eigenvalue weighted by Gasteiger charge is 2.31. The van der Waals surface area contributed by atoms with E-state index in [1.807, 2.05) is 16.7 Å². The van der Waals surface area contributed by atoms with Gasteiger partial charge >= 0.3 is 0 Å². The van der Waals surface area contributed by atoms with Crippen molar-refractivity contribution in [3.05, 3.63) is 57.1 Å². The van der Waals surface area contributed by atoms with Crippen LogP contribution in [0.15, 0.2) is 36.4 Å². The molecule has 6 nitrogen and oxygen atoms in total. The summed E-state index contributed by atoms with van der Waals surface area (Å²) in [6, 6.07) is 12.8. The molecule has 0 aliphatic heterocycles. The lowest BCUT2D eigenvalue weighted by atomic mass is 10.1. The van der Waals surface area contributed by atoms with E-state index in [4.69, 9.17) is 11.6 Å². The van der Waals surface area contributed by atoms with Gasteiger partial charge in [0.1, 0.15) is 16.4 Å². The van der Waals surface area contributed by atoms with Gasteiger partial charge in [-0.05, 0) is 31.0 Å². The van der Waals surface area contributed by atoms with Gasteiger partial charge in [0, 0.05) is 17.7 Å². The molecule has 0 radical (unpaired) electrons. The van der Waals surface area contributed by atoms with Crippen LogP contribution in [0.25, 0.3) is 22.4 Å². The molecule has 2 aromatic carbocycles. The smallest absolute Gasteiger partial charge is 0.290 e. The van der Waals surface area contributed by atoms with E-state index in [9.17, 15) is 15.4 Å². The van der Waals surface area contributed by atoms with Crippen molar-refractivity contribution in [3.63, 3.8) is 0 Å². The topological polar surface area (TPSA) is 84.8 Å². The highest BCUT2D eigenvalue weighted by atomic mass is 35.5. The molecule has 0 N–H and O–H groups in total. The van der Waals surface area contributed by atoms with E-state index < -0.39 is 4.92 Å². The summed E-state index contributed by atoms with van der Waals surface area (Å²) >= 11 is 6.23. The number of aromatic nitrogens is 2. The van der Waals surface area contributed by atoms with Crippen molar-refractivity contribution in [1.82, 2.24) is 9.55 Å². The molecule has 0 spiro atoms. The Morgan fingerprint density at radius 1 is 1.29 bits per heavy atom. The standard InChI is InChI=1S/C17H11ClN4O2/c18-15-13(22(23)24)7-8-14-16(15)20-17(21(14)11-5-6-11)12-4-2-1-3-10(12)9-19/h1-4,7-8,11H,5-6H2. The molecule has 1 heterocycles. The highest BCUT2D eigenvalue weighted by molar-refractivity contribution is 6.37. The number of imidazole rings is 1. The van der Waals surface area contributed by atoms with Crippen molar-refractivity contribution in [2.75, 3.05) is 0 Å². The van der Waals surface area contributed by atoms with Crippen molar-refractivity contribution < 1.29 is 4.92 Å². The van der Waals surface area contributed by atoms with Gasteiger partial charge < -0.3 is 4.57 Å². The largest absolute Gasteiger partial charge is 0.321 e. The van der Waals surface area contributed by atoms with Gasteiger partial charge in [-0.25, -0.2) is 4.98 Å². The zero-order chi connectivity index (χ0) is 16.8. The molecule has 0 atom stereocenters. The monoisotopic (exact) mass is 338 g/mol. The van der Waals surface area contributed by atoms with E-state index in [0.717, 1.165) is 18.4 Å². The van der Waals surface area contributed by atoms with E-state index >= 15 is 0 Å². The average molecular weight is 339 g/mol. The number of benzene rings is 2. The Morgan fingerprint density at radius 2 is 2.04 bits per heavy atom. The molecule has 1 aromatic heterocycles. The molecule has 1 fully saturated rings. The third-order valence-electron chi connectivity index (χ3n) is 4.18. The molecule has 1 saturated carbocycles. The minimum Gasteiger partial charge on any atom is -0.321 e. The highest BCUT2D eigenvalue weighted by Crippen LogP contribution is 2.44. The molecular formula is C17H11ClN4O2. The third-order valence-corrected chi connectivity index (χ3v) is 4.55. The quantitative estimate of drug-likeness (QED) is 0.520. The van der Waals surface area contributed by atoms with Crippen LogP contribution in [-0.2, 0) is 0 Å². The first-order valence-corrected chi connectivity index (χ1v) is 7.84. The van der Waals surface area contributed by atoms with Crippen LogP contribution in [0.4, 0.5) is 5.69 Å². The lowest BCUT2D eigenvalue weighted by Gasteiger charge is -2.08. The van der Waals surface area contributed by atoms with Crippen molar-refractivity contribution in [1.29, 1.82) is 5.26 Å². The number of halogens is 1. The lowest BCUT2D eigenvalue weighted by Crippen LogP contribution is -1.99. The summed E-state index contributed by atoms with van der Waals surface area (Å²) in [6.07, 6.45) is 2.03. The molecular weight excluding hydrogens is 328 g/mol. The van der Waals surface area contributed by atoms with Crippen molar-refractivity contribution in [2.45, 2.75) is 18.9 Å². The van der Waals surface area contributed by atoms with Crippen LogP contribution < -0.4 is 0 Å². The van der Waals surface area contributed by atoms with Crippen molar-refractivity contribution >= 4 is 28.3 Å². The van der Waals surface area contributed by atoms with Crippen molar-refractivity contribution in [3.8, 4) is 17.5 Å². The lowest BCUT2D eigenvalue weighted by molar-refractivity contribution is -0.384. The maximum atomic E-state index is 11.1. The second kappa shape index (κ2) is 5.32. The maximum Gasteiger partial charge on any atom is 0.290 e. The number of hydrogen-bond donors (Lipinski definition) is 0. The Balaban J connectivity index is 2.06. The minimum absolute atomic E-state index is 0.0348. The first kappa shape index (κ1) is 14.7. The molecule has 1 aliphatic rings. The van der Waals surface area contributed by atoms with Gasteiger partial charge in [-0.2, -0.15) is 5.26 Å². The molecule has 0 saturated heterocycles. The fourth-order valence-corrected chi connectivity index (χ4v) is 3.20. The van der Waals surface area contributed by atoms with E-state index in [1.54, 1.807) is 18.2 Å². The van der Waals surface area contributed by atoms with E-state index in [-0.39, 0.29) is 16.8 Å². The Bertz CT molecular complexity index is 1030. The summed E-state index contributed by atoms with van der Waals surface area (Å²) in [7, 11) is 0. The van der Waals surface area contributed by atoms with Gasteiger partial charge in [0.2, 0.25) is 0 Å². The second-order valence-corrected chi connectivity index (χ2v) is 6.10. The predicted molar refractivity (Wildman–Crippen MR) is 89.8 cm³/mol. The first-order chi connectivity index (χ1) is 11.6. The SMILES string of the molecule is N#Cc1ccccc1-c1nc2c(Cl)c([N+](=O)[O-])ccc2n1C1CC1.